The predicted octanol–water partition coefficient (Wildman–Crippen LogP) is 1.64. The van der Waals surface area contributed by atoms with Crippen molar-refractivity contribution in [1.82, 2.24) is 9.62 Å². The Balaban J connectivity index is 2.10. The van der Waals surface area contributed by atoms with E-state index in [1.54, 1.807) is 6.07 Å². The van der Waals surface area contributed by atoms with E-state index in [9.17, 15) is 13.2 Å². The summed E-state index contributed by atoms with van der Waals surface area (Å²) < 4.78 is 32.5. The highest BCUT2D eigenvalue weighted by Crippen LogP contribution is 2.30. The van der Waals surface area contributed by atoms with E-state index in [-0.39, 0.29) is 29.0 Å². The number of hydrogen-bond donors (Lipinski definition) is 2. The van der Waals surface area contributed by atoms with E-state index in [4.69, 9.17) is 21.4 Å². The molecule has 0 radical (unpaired) electrons. The summed E-state index contributed by atoms with van der Waals surface area (Å²) in [5, 5.41) is 11.8. The number of amides is 1. The highest BCUT2D eigenvalue weighted by atomic mass is 35.5. The number of sulfonamides is 1. The minimum atomic E-state index is -3.73. The Morgan fingerprint density at radius 2 is 2.23 bits per heavy atom. The third-order valence-electron chi connectivity index (χ3n) is 4.23. The van der Waals surface area contributed by atoms with Crippen LogP contribution in [0.4, 0.5) is 0 Å². The fourth-order valence-corrected chi connectivity index (χ4v) is 4.72. The van der Waals surface area contributed by atoms with Gasteiger partial charge < -0.3 is 15.2 Å². The Hall–Kier alpha value is -1.35. The largest absolute Gasteiger partial charge is 0.492 e. The van der Waals surface area contributed by atoms with E-state index < -0.39 is 15.9 Å². The zero-order valence-electron chi connectivity index (χ0n) is 14.8. The Morgan fingerprint density at radius 3 is 2.88 bits per heavy atom. The lowest BCUT2D eigenvalue weighted by molar-refractivity contribution is -0.126. The van der Waals surface area contributed by atoms with Crippen molar-refractivity contribution in [2.75, 3.05) is 32.8 Å². The van der Waals surface area contributed by atoms with Crippen LogP contribution >= 0.6 is 11.6 Å². The molecule has 1 fully saturated rings. The minimum absolute atomic E-state index is 0.00392. The molecule has 0 bridgehead atoms. The summed E-state index contributed by atoms with van der Waals surface area (Å²) in [4.78, 5) is 12.3. The first-order chi connectivity index (χ1) is 12.4. The predicted molar refractivity (Wildman–Crippen MR) is 98.8 cm³/mol. The topological polar surface area (TPSA) is 95.9 Å². The van der Waals surface area contributed by atoms with Crippen LogP contribution in [0.2, 0.25) is 5.02 Å². The van der Waals surface area contributed by atoms with Gasteiger partial charge in [0.05, 0.1) is 22.4 Å². The zero-order chi connectivity index (χ0) is 19.2. The van der Waals surface area contributed by atoms with Gasteiger partial charge in [-0.05, 0) is 44.4 Å². The summed E-state index contributed by atoms with van der Waals surface area (Å²) in [5.74, 6) is -0.133. The number of carbonyl (C=O) groups is 1. The van der Waals surface area contributed by atoms with Gasteiger partial charge in [0.15, 0.2) is 0 Å². The standard InChI is InChI=1S/C17H25ClN2O5S/c1-2-25-16-7-6-14(11-15(16)18)26(23,24)20-9-3-5-13(12-20)17(22)19-8-4-10-21/h6-7,11,13,21H,2-5,8-10,12H2,1H3,(H,19,22). The molecule has 1 unspecified atom stereocenters. The lowest BCUT2D eigenvalue weighted by atomic mass is 9.99. The van der Waals surface area contributed by atoms with Crippen LogP contribution in [0.1, 0.15) is 26.2 Å². The number of nitrogens with zero attached hydrogens (tertiary/aromatic N) is 1. The highest BCUT2D eigenvalue weighted by molar-refractivity contribution is 7.89. The minimum Gasteiger partial charge on any atom is -0.492 e. The van der Waals surface area contributed by atoms with Gasteiger partial charge >= 0.3 is 0 Å². The van der Waals surface area contributed by atoms with Crippen LogP contribution in [0.3, 0.4) is 0 Å². The molecule has 1 amide bonds. The van der Waals surface area contributed by atoms with Crippen LogP contribution in [0.25, 0.3) is 0 Å². The number of aliphatic hydroxyl groups excluding tert-OH is 1. The van der Waals surface area contributed by atoms with E-state index in [1.165, 1.54) is 16.4 Å². The first-order valence-electron chi connectivity index (χ1n) is 8.71. The van der Waals surface area contributed by atoms with Gasteiger partial charge in [-0.15, -0.1) is 0 Å². The Bertz CT molecular complexity index is 726. The third kappa shape index (κ3) is 5.09. The van der Waals surface area contributed by atoms with Crippen LogP contribution < -0.4 is 10.1 Å². The van der Waals surface area contributed by atoms with E-state index in [0.29, 0.717) is 44.7 Å². The van der Waals surface area contributed by atoms with Gasteiger partial charge in [0, 0.05) is 26.2 Å². The monoisotopic (exact) mass is 404 g/mol. The SMILES string of the molecule is CCOc1ccc(S(=O)(=O)N2CCCC(C(=O)NCCCO)C2)cc1Cl. The van der Waals surface area contributed by atoms with Crippen molar-refractivity contribution in [3.63, 3.8) is 0 Å². The van der Waals surface area contributed by atoms with Crippen LogP contribution in [-0.4, -0.2) is 56.6 Å². The molecule has 1 aromatic rings. The van der Waals surface area contributed by atoms with E-state index in [0.717, 1.165) is 0 Å². The molecule has 1 atom stereocenters. The molecule has 26 heavy (non-hydrogen) atoms. The smallest absolute Gasteiger partial charge is 0.243 e. The summed E-state index contributed by atoms with van der Waals surface area (Å²) in [6.45, 7) is 3.15. The van der Waals surface area contributed by atoms with Crippen LogP contribution in [0.5, 0.6) is 5.75 Å². The van der Waals surface area contributed by atoms with Crippen molar-refractivity contribution in [3.8, 4) is 5.75 Å². The molecule has 7 nitrogen and oxygen atoms in total. The molecule has 1 aromatic carbocycles. The lowest BCUT2D eigenvalue weighted by Crippen LogP contribution is -2.45. The molecular formula is C17H25ClN2O5S. The van der Waals surface area contributed by atoms with E-state index in [2.05, 4.69) is 5.32 Å². The molecule has 2 rings (SSSR count). The second-order valence-electron chi connectivity index (χ2n) is 6.10. The third-order valence-corrected chi connectivity index (χ3v) is 6.39. The Labute approximate surface area is 159 Å². The van der Waals surface area contributed by atoms with Gasteiger partial charge in [0.1, 0.15) is 5.75 Å². The molecule has 0 spiro atoms. The first kappa shape index (κ1) is 21.0. The number of carbonyl (C=O) groups excluding carboxylic acids is 1. The number of benzene rings is 1. The van der Waals surface area contributed by atoms with Gasteiger partial charge in [0.2, 0.25) is 15.9 Å². The number of ether oxygens (including phenoxy) is 1. The Morgan fingerprint density at radius 1 is 1.46 bits per heavy atom. The van der Waals surface area contributed by atoms with Crippen LogP contribution in [-0.2, 0) is 14.8 Å². The van der Waals surface area contributed by atoms with E-state index in [1.807, 2.05) is 6.92 Å². The van der Waals surface area contributed by atoms with Crippen molar-refractivity contribution < 1.29 is 23.1 Å². The second-order valence-corrected chi connectivity index (χ2v) is 8.44. The number of halogens is 1. The normalized spacial score (nSPS) is 18.5. The zero-order valence-corrected chi connectivity index (χ0v) is 16.4. The molecule has 0 aliphatic carbocycles. The molecule has 146 valence electrons. The summed E-state index contributed by atoms with van der Waals surface area (Å²) in [5.41, 5.74) is 0. The molecule has 1 aliphatic heterocycles. The van der Waals surface area contributed by atoms with Crippen molar-refractivity contribution in [2.45, 2.75) is 31.1 Å². The Kier molecular flexibility index (Phi) is 7.69. The van der Waals surface area contributed by atoms with Gasteiger partial charge in [-0.1, -0.05) is 11.6 Å². The summed E-state index contributed by atoms with van der Waals surface area (Å²) >= 11 is 6.11. The number of hydrogen-bond acceptors (Lipinski definition) is 5. The molecule has 1 heterocycles. The maximum Gasteiger partial charge on any atom is 0.243 e. The second kappa shape index (κ2) is 9.55. The number of nitrogens with one attached hydrogen (secondary N) is 1. The van der Waals surface area contributed by atoms with E-state index >= 15 is 0 Å². The van der Waals surface area contributed by atoms with Crippen molar-refractivity contribution in [1.29, 1.82) is 0 Å². The molecular weight excluding hydrogens is 380 g/mol. The van der Waals surface area contributed by atoms with Gasteiger partial charge in [-0.2, -0.15) is 4.31 Å². The van der Waals surface area contributed by atoms with Gasteiger partial charge in [0.25, 0.3) is 0 Å². The highest BCUT2D eigenvalue weighted by Gasteiger charge is 2.33. The average Bonchev–Trinajstić information content (AvgIpc) is 2.63. The fourth-order valence-electron chi connectivity index (χ4n) is 2.87. The number of rotatable bonds is 8. The van der Waals surface area contributed by atoms with Crippen LogP contribution in [0.15, 0.2) is 23.1 Å². The molecule has 2 N–H and O–H groups in total. The fraction of sp³-hybridized carbons (Fsp3) is 0.588. The molecule has 1 saturated heterocycles. The van der Waals surface area contributed by atoms with Crippen molar-refractivity contribution >= 4 is 27.5 Å². The average molecular weight is 405 g/mol. The van der Waals surface area contributed by atoms with Crippen LogP contribution in [0, 0.1) is 5.92 Å². The number of aliphatic hydroxyl groups is 1. The van der Waals surface area contributed by atoms with Gasteiger partial charge in [-0.3, -0.25) is 4.79 Å². The van der Waals surface area contributed by atoms with Gasteiger partial charge in [-0.25, -0.2) is 8.42 Å². The first-order valence-corrected chi connectivity index (χ1v) is 10.5. The maximum absolute atomic E-state index is 12.9. The summed E-state index contributed by atoms with van der Waals surface area (Å²) in [7, 11) is -3.73. The molecule has 9 heteroatoms. The maximum atomic E-state index is 12.9. The van der Waals surface area contributed by atoms with Crippen molar-refractivity contribution in [2.24, 2.45) is 5.92 Å². The summed E-state index contributed by atoms with van der Waals surface area (Å²) in [6.07, 6.45) is 1.73. The lowest BCUT2D eigenvalue weighted by Gasteiger charge is -2.31. The molecule has 0 saturated carbocycles. The molecule has 0 aromatic heterocycles. The van der Waals surface area contributed by atoms with Crippen molar-refractivity contribution in [3.05, 3.63) is 23.2 Å². The quantitative estimate of drug-likeness (QED) is 0.642. The molecule has 1 aliphatic rings. The number of piperidine rings is 1. The summed E-state index contributed by atoms with van der Waals surface area (Å²) in [6, 6.07) is 4.39.